The first-order valence-corrected chi connectivity index (χ1v) is 3.76. The number of amides is 1. The lowest BCUT2D eigenvalue weighted by Crippen LogP contribution is -2.06. The van der Waals surface area contributed by atoms with E-state index in [2.05, 4.69) is 5.92 Å². The summed E-state index contributed by atoms with van der Waals surface area (Å²) in [5, 5.41) is 10.3. The number of hydrogen-bond acceptors (Lipinski definition) is 3. The highest BCUT2D eigenvalue weighted by Crippen LogP contribution is 2.17. The predicted molar refractivity (Wildman–Crippen MR) is 49.1 cm³/mol. The molecule has 0 saturated heterocycles. The smallest absolute Gasteiger partial charge is 0.306 e. The van der Waals surface area contributed by atoms with Gasteiger partial charge in [-0.05, 0) is 18.1 Å². The van der Waals surface area contributed by atoms with E-state index in [0.29, 0.717) is 0 Å². The summed E-state index contributed by atoms with van der Waals surface area (Å²) in [6, 6.07) is 3.06. The van der Waals surface area contributed by atoms with Crippen molar-refractivity contribution >= 4 is 11.6 Å². The fourth-order valence-corrected chi connectivity index (χ4v) is 0.864. The van der Waals surface area contributed by atoms with Crippen molar-refractivity contribution in [2.24, 2.45) is 5.73 Å². The average Bonchev–Trinajstić information content (AvgIpc) is 2.16. The third kappa shape index (κ3) is 2.77. The topological polar surface area (TPSA) is 86.2 Å². The molecule has 5 nitrogen and oxygen atoms in total. The summed E-state index contributed by atoms with van der Waals surface area (Å²) in [4.78, 5) is 19.8. The Kier molecular flexibility index (Phi) is 2.98. The average molecular weight is 208 g/mol. The van der Waals surface area contributed by atoms with Crippen molar-refractivity contribution in [1.82, 2.24) is 0 Å². The van der Waals surface area contributed by atoms with Crippen LogP contribution in [0.25, 0.3) is 0 Å². The predicted octanol–water partition coefficient (Wildman–Crippen LogP) is 0.571. The highest BCUT2D eigenvalue weighted by atomic mass is 19.1. The summed E-state index contributed by atoms with van der Waals surface area (Å²) in [6.45, 7) is 0. The monoisotopic (exact) mass is 208 g/mol. The first kappa shape index (κ1) is 10.7. The van der Waals surface area contributed by atoms with Crippen LogP contribution in [0.4, 0.5) is 10.1 Å². The summed E-state index contributed by atoms with van der Waals surface area (Å²) < 4.78 is 12.8. The molecule has 15 heavy (non-hydrogen) atoms. The Morgan fingerprint density at radius 2 is 2.20 bits per heavy atom. The molecule has 0 heterocycles. The summed E-state index contributed by atoms with van der Waals surface area (Å²) in [7, 11) is 0. The lowest BCUT2D eigenvalue weighted by atomic mass is 10.2. The van der Waals surface area contributed by atoms with Crippen molar-refractivity contribution in [2.75, 3.05) is 0 Å². The number of rotatable bonds is 1. The van der Waals surface area contributed by atoms with Crippen LogP contribution in [-0.2, 0) is 4.79 Å². The van der Waals surface area contributed by atoms with Gasteiger partial charge in [-0.25, -0.2) is 0 Å². The number of nitrogens with zero attached hydrogens (tertiary/aromatic N) is 1. The minimum Gasteiger partial charge on any atom is -0.359 e. The van der Waals surface area contributed by atoms with E-state index < -0.39 is 22.3 Å². The lowest BCUT2D eigenvalue weighted by Gasteiger charge is -1.93. The van der Waals surface area contributed by atoms with Crippen molar-refractivity contribution in [3.05, 3.63) is 39.7 Å². The number of carbonyl (C=O) groups excluding carboxylic acids is 1. The van der Waals surface area contributed by atoms with Crippen LogP contribution in [0.15, 0.2) is 18.2 Å². The first-order valence-electron chi connectivity index (χ1n) is 3.76. The zero-order chi connectivity index (χ0) is 11.4. The van der Waals surface area contributed by atoms with Gasteiger partial charge in [0.05, 0.1) is 4.92 Å². The molecule has 0 radical (unpaired) electrons. The second-order valence-electron chi connectivity index (χ2n) is 2.54. The van der Waals surface area contributed by atoms with Crippen molar-refractivity contribution in [3.8, 4) is 11.8 Å². The van der Waals surface area contributed by atoms with Crippen molar-refractivity contribution in [1.29, 1.82) is 0 Å². The third-order valence-electron chi connectivity index (χ3n) is 1.47. The van der Waals surface area contributed by atoms with Gasteiger partial charge in [0.15, 0.2) is 0 Å². The molecule has 0 aliphatic heterocycles. The molecule has 0 spiro atoms. The van der Waals surface area contributed by atoms with Gasteiger partial charge < -0.3 is 5.73 Å². The van der Waals surface area contributed by atoms with Crippen molar-refractivity contribution in [2.45, 2.75) is 0 Å². The van der Waals surface area contributed by atoms with E-state index in [1.807, 2.05) is 5.92 Å². The zero-order valence-corrected chi connectivity index (χ0v) is 7.36. The molecule has 0 saturated carbocycles. The minimum atomic E-state index is -0.954. The molecule has 1 aromatic rings. The largest absolute Gasteiger partial charge is 0.359 e. The molecule has 2 N–H and O–H groups in total. The van der Waals surface area contributed by atoms with E-state index in [-0.39, 0.29) is 5.56 Å². The molecule has 1 rings (SSSR count). The fourth-order valence-electron chi connectivity index (χ4n) is 0.864. The summed E-state index contributed by atoms with van der Waals surface area (Å²) in [5.74, 6) is 2.45. The van der Waals surface area contributed by atoms with E-state index >= 15 is 0 Å². The highest BCUT2D eigenvalue weighted by molar-refractivity contribution is 5.92. The quantitative estimate of drug-likeness (QED) is 0.415. The van der Waals surface area contributed by atoms with Gasteiger partial charge in [0.1, 0.15) is 0 Å². The molecule has 0 aliphatic carbocycles. The normalized spacial score (nSPS) is 8.87. The van der Waals surface area contributed by atoms with E-state index in [1.54, 1.807) is 0 Å². The van der Waals surface area contributed by atoms with Gasteiger partial charge in [-0.1, -0.05) is 5.92 Å². The zero-order valence-electron chi connectivity index (χ0n) is 7.36. The summed E-state index contributed by atoms with van der Waals surface area (Å²) >= 11 is 0. The van der Waals surface area contributed by atoms with Gasteiger partial charge in [0.25, 0.3) is 5.91 Å². The van der Waals surface area contributed by atoms with Crippen LogP contribution in [0, 0.1) is 27.8 Å². The molecule has 6 heteroatoms. The second-order valence-corrected chi connectivity index (χ2v) is 2.54. The molecule has 0 aliphatic rings. The maximum absolute atomic E-state index is 12.8. The molecular weight excluding hydrogens is 203 g/mol. The summed E-state index contributed by atoms with van der Waals surface area (Å²) in [6.07, 6.45) is 0. The van der Waals surface area contributed by atoms with Crippen LogP contribution >= 0.6 is 0 Å². The Morgan fingerprint density at radius 3 is 2.73 bits per heavy atom. The Bertz CT molecular complexity index is 488. The third-order valence-corrected chi connectivity index (χ3v) is 1.47. The Hall–Kier alpha value is -2.42. The fraction of sp³-hybridized carbons (Fsp3) is 0. The molecule has 1 aromatic carbocycles. The summed E-state index contributed by atoms with van der Waals surface area (Å²) in [5.41, 5.74) is 4.21. The molecule has 0 bridgehead atoms. The van der Waals surface area contributed by atoms with E-state index in [4.69, 9.17) is 5.73 Å². The molecule has 0 unspecified atom stereocenters. The van der Waals surface area contributed by atoms with E-state index in [9.17, 15) is 19.3 Å². The minimum absolute atomic E-state index is 0.155. The van der Waals surface area contributed by atoms with Gasteiger partial charge in [-0.15, -0.1) is 0 Å². The number of carbonyl (C=O) groups is 1. The van der Waals surface area contributed by atoms with Gasteiger partial charge in [0, 0.05) is 11.6 Å². The number of nitro groups is 1. The maximum atomic E-state index is 12.8. The number of benzene rings is 1. The van der Waals surface area contributed by atoms with Crippen LogP contribution in [0.5, 0.6) is 0 Å². The lowest BCUT2D eigenvalue weighted by molar-refractivity contribution is -0.387. The highest BCUT2D eigenvalue weighted by Gasteiger charge is 2.13. The van der Waals surface area contributed by atoms with Gasteiger partial charge in [-0.2, -0.15) is 4.39 Å². The van der Waals surface area contributed by atoms with Crippen molar-refractivity contribution < 1.29 is 14.1 Å². The van der Waals surface area contributed by atoms with Crippen LogP contribution < -0.4 is 5.73 Å². The first-order chi connectivity index (χ1) is 7.00. The molecule has 0 aromatic heterocycles. The Balaban J connectivity index is 3.15. The standard InChI is InChI=1S/C9H5FN2O3/c10-7-3-1-6(2-4-9(11)13)5-8(7)12(14)15/h1,3,5H,(H2,11,13). The van der Waals surface area contributed by atoms with Crippen LogP contribution in [0.2, 0.25) is 0 Å². The molecule has 0 fully saturated rings. The number of primary amides is 1. The number of halogens is 1. The van der Waals surface area contributed by atoms with Gasteiger partial charge in [0.2, 0.25) is 5.82 Å². The van der Waals surface area contributed by atoms with Gasteiger partial charge >= 0.3 is 5.69 Å². The van der Waals surface area contributed by atoms with Crippen molar-refractivity contribution in [3.63, 3.8) is 0 Å². The number of nitro benzene ring substituents is 1. The van der Waals surface area contributed by atoms with Crippen LogP contribution in [0.1, 0.15) is 5.56 Å². The molecular formula is C9H5FN2O3. The van der Waals surface area contributed by atoms with Crippen LogP contribution in [0.3, 0.4) is 0 Å². The van der Waals surface area contributed by atoms with Gasteiger partial charge in [-0.3, -0.25) is 14.9 Å². The SMILES string of the molecule is NC(=O)C#Cc1ccc(F)c([N+](=O)[O-])c1. The number of nitrogens with two attached hydrogens (primary N) is 1. The molecule has 1 amide bonds. The number of hydrogen-bond donors (Lipinski definition) is 1. The maximum Gasteiger partial charge on any atom is 0.306 e. The van der Waals surface area contributed by atoms with E-state index in [0.717, 1.165) is 12.1 Å². The second kappa shape index (κ2) is 4.19. The van der Waals surface area contributed by atoms with Crippen LogP contribution in [-0.4, -0.2) is 10.8 Å². The molecule has 0 atom stereocenters. The Labute approximate surface area is 83.8 Å². The van der Waals surface area contributed by atoms with E-state index in [1.165, 1.54) is 6.07 Å². The Morgan fingerprint density at radius 1 is 1.53 bits per heavy atom. The molecule has 76 valence electrons.